The fourth-order valence-corrected chi connectivity index (χ4v) is 15.5. The summed E-state index contributed by atoms with van der Waals surface area (Å²) in [7, 11) is 0. The summed E-state index contributed by atoms with van der Waals surface area (Å²) in [5.41, 5.74) is 18.8. The summed E-state index contributed by atoms with van der Waals surface area (Å²) >= 11 is 0. The highest BCUT2D eigenvalue weighted by molar-refractivity contribution is 6.40. The van der Waals surface area contributed by atoms with E-state index in [9.17, 15) is 5.26 Å². The predicted octanol–water partition coefficient (Wildman–Crippen LogP) is 21.1. The lowest BCUT2D eigenvalue weighted by Gasteiger charge is -2.19. The Morgan fingerprint density at radius 1 is 0.293 bits per heavy atom. The molecule has 92 heavy (non-hydrogen) atoms. The molecule has 0 spiro atoms. The summed E-state index contributed by atoms with van der Waals surface area (Å²) < 4.78 is 18.9. The van der Waals surface area contributed by atoms with Gasteiger partial charge in [0.25, 0.3) is 0 Å². The van der Waals surface area contributed by atoms with Gasteiger partial charge in [-0.15, -0.1) is 0 Å². The lowest BCUT2D eigenvalue weighted by Crippen LogP contribution is -2.06. The predicted molar refractivity (Wildman–Crippen MR) is 377 cm³/mol. The van der Waals surface area contributed by atoms with Crippen LogP contribution in [0.1, 0.15) is 5.56 Å². The van der Waals surface area contributed by atoms with Gasteiger partial charge in [0.2, 0.25) is 5.71 Å². The van der Waals surface area contributed by atoms with E-state index < -0.39 is 0 Å². The van der Waals surface area contributed by atoms with Crippen molar-refractivity contribution in [2.75, 3.05) is 0 Å². The number of nitriles is 1. The van der Waals surface area contributed by atoms with Crippen LogP contribution in [0.4, 0.5) is 0 Å². The highest BCUT2D eigenvalue weighted by Crippen LogP contribution is 2.52. The van der Waals surface area contributed by atoms with E-state index in [-0.39, 0.29) is 0 Å². The molecule has 0 radical (unpaired) electrons. The van der Waals surface area contributed by atoms with Gasteiger partial charge in [-0.3, -0.25) is 0 Å². The molecule has 0 aliphatic rings. The minimum atomic E-state index is 0.471. The summed E-state index contributed by atoms with van der Waals surface area (Å²) in [5.74, 6) is 0.524. The Hall–Kier alpha value is -12.8. The number of para-hydroxylation sites is 9. The third-order valence-corrected chi connectivity index (χ3v) is 19.1. The van der Waals surface area contributed by atoms with Gasteiger partial charge >= 0.3 is 0 Å². The standard InChI is InChI=1S/C83H48N8O/c84-49-62-69(90-66-42-22-14-34-57(66)72-68(90)46-45-56-55-33-13-19-39-63(55)87(78(56)72)52-27-7-2-8-28-52)47-51(77-73-61-38-18-24-44-71(61)92-83(73)86-82(85-77)50-25-5-1-6-26-50)48-70(62)91-67-43-23-17-37-60(67)76-80-74(58-35-15-20-40-64(58)88(80)53-29-9-3-10-30-53)79-75(81(76)91)59-36-16-21-41-65(59)89(79)54-31-11-4-12-32-54/h1-48H. The molecule has 7 heterocycles. The summed E-state index contributed by atoms with van der Waals surface area (Å²) in [5, 5.41) is 25.4. The summed E-state index contributed by atoms with van der Waals surface area (Å²) in [6.07, 6.45) is 0. The first kappa shape index (κ1) is 50.3. The molecule has 13 aromatic carbocycles. The number of hydrogen-bond acceptors (Lipinski definition) is 4. The fraction of sp³-hybridized carbons (Fsp3) is 0. The Balaban J connectivity index is 1.03. The molecule has 20 rings (SSSR count). The van der Waals surface area contributed by atoms with Gasteiger partial charge in [-0.1, -0.05) is 200 Å². The molecule has 0 N–H and O–H groups in total. The Bertz CT molecular complexity index is 6480. The van der Waals surface area contributed by atoms with Crippen LogP contribution in [0.5, 0.6) is 0 Å². The molecule has 0 bridgehead atoms. The summed E-state index contributed by atoms with van der Waals surface area (Å²) in [4.78, 5) is 10.9. The highest BCUT2D eigenvalue weighted by atomic mass is 16.3. The van der Waals surface area contributed by atoms with E-state index in [1.807, 2.05) is 48.5 Å². The summed E-state index contributed by atoms with van der Waals surface area (Å²) in [6, 6.07) is 106. The van der Waals surface area contributed by atoms with Crippen molar-refractivity contribution in [1.82, 2.24) is 32.8 Å². The number of rotatable bonds is 7. The Kier molecular flexibility index (Phi) is 10.4. The maximum absolute atomic E-state index is 12.7. The van der Waals surface area contributed by atoms with Crippen molar-refractivity contribution in [1.29, 1.82) is 5.26 Å². The lowest BCUT2D eigenvalue weighted by molar-refractivity contribution is 0.653. The number of fused-ring (bicyclic) bond motifs is 22. The van der Waals surface area contributed by atoms with E-state index in [2.05, 4.69) is 272 Å². The molecule has 426 valence electrons. The molecular formula is C83H48N8O. The summed E-state index contributed by atoms with van der Waals surface area (Å²) in [6.45, 7) is 0. The van der Waals surface area contributed by atoms with E-state index >= 15 is 0 Å². The largest absolute Gasteiger partial charge is 0.438 e. The number of nitrogens with zero attached hydrogens (tertiary/aromatic N) is 8. The Labute approximate surface area is 524 Å². The van der Waals surface area contributed by atoms with Crippen LogP contribution in [0.3, 0.4) is 0 Å². The van der Waals surface area contributed by atoms with Gasteiger partial charge in [-0.05, 0) is 91.0 Å². The van der Waals surface area contributed by atoms with Crippen molar-refractivity contribution in [3.8, 4) is 57.2 Å². The van der Waals surface area contributed by atoms with Crippen molar-refractivity contribution < 1.29 is 4.42 Å². The van der Waals surface area contributed by atoms with Crippen molar-refractivity contribution in [3.63, 3.8) is 0 Å². The van der Waals surface area contributed by atoms with Crippen LogP contribution in [0.25, 0.3) is 182 Å². The molecule has 9 heteroatoms. The Morgan fingerprint density at radius 2 is 0.696 bits per heavy atom. The van der Waals surface area contributed by atoms with Crippen LogP contribution in [0, 0.1) is 11.3 Å². The number of aromatic nitrogens is 7. The SMILES string of the molecule is N#Cc1c(-n2c3ccccc3c3c2ccc2c4ccccc4n(-c4ccccc4)c23)cc(-c2nc(-c3ccccc3)nc3oc4ccccc4c23)cc1-n1c2ccccc2c2c3c(c4ccccc4n3-c3ccccc3)c3c(c4ccccc4n3-c3ccccc3)c21. The second kappa shape index (κ2) is 19.1. The zero-order valence-corrected chi connectivity index (χ0v) is 49.2. The molecule has 0 fully saturated rings. The third-order valence-electron chi connectivity index (χ3n) is 19.1. The normalized spacial score (nSPS) is 12.1. The van der Waals surface area contributed by atoms with Crippen LogP contribution in [0.15, 0.2) is 296 Å². The minimum absolute atomic E-state index is 0.471. The van der Waals surface area contributed by atoms with Gasteiger partial charge in [-0.25, -0.2) is 4.98 Å². The molecule has 9 nitrogen and oxygen atoms in total. The van der Waals surface area contributed by atoms with Crippen LogP contribution < -0.4 is 0 Å². The zero-order valence-electron chi connectivity index (χ0n) is 49.2. The molecule has 0 saturated heterocycles. The Morgan fingerprint density at radius 3 is 1.23 bits per heavy atom. The van der Waals surface area contributed by atoms with Gasteiger partial charge in [-0.2, -0.15) is 10.2 Å². The van der Waals surface area contributed by atoms with Crippen LogP contribution in [-0.4, -0.2) is 32.8 Å². The molecule has 0 saturated carbocycles. The molecular weight excluding hydrogens is 1120 g/mol. The second-order valence-corrected chi connectivity index (χ2v) is 23.8. The molecule has 20 aromatic rings. The maximum Gasteiger partial charge on any atom is 0.231 e. The smallest absolute Gasteiger partial charge is 0.231 e. The van der Waals surface area contributed by atoms with Gasteiger partial charge in [0, 0.05) is 87.4 Å². The first-order valence-electron chi connectivity index (χ1n) is 31.1. The van der Waals surface area contributed by atoms with Gasteiger partial charge in [0.05, 0.1) is 77.6 Å². The quantitative estimate of drug-likeness (QED) is 0.159. The maximum atomic E-state index is 12.7. The van der Waals surface area contributed by atoms with E-state index in [1.54, 1.807) is 0 Å². The molecule has 0 aliphatic carbocycles. The molecule has 0 atom stereocenters. The van der Waals surface area contributed by atoms with Crippen molar-refractivity contribution in [2.45, 2.75) is 0 Å². The molecule has 7 aromatic heterocycles. The van der Waals surface area contributed by atoms with Crippen molar-refractivity contribution in [2.24, 2.45) is 0 Å². The molecule has 0 unspecified atom stereocenters. The number of benzene rings is 13. The van der Waals surface area contributed by atoms with Crippen LogP contribution in [-0.2, 0) is 0 Å². The zero-order chi connectivity index (χ0) is 60.3. The van der Waals surface area contributed by atoms with E-state index in [4.69, 9.17) is 14.4 Å². The second-order valence-electron chi connectivity index (χ2n) is 23.8. The van der Waals surface area contributed by atoms with E-state index in [0.29, 0.717) is 39.8 Å². The number of hydrogen-bond donors (Lipinski definition) is 0. The number of furan rings is 1. The van der Waals surface area contributed by atoms with Crippen molar-refractivity contribution in [3.05, 3.63) is 297 Å². The van der Waals surface area contributed by atoms with Crippen LogP contribution in [0.2, 0.25) is 0 Å². The van der Waals surface area contributed by atoms with Crippen molar-refractivity contribution >= 4 is 131 Å². The first-order chi connectivity index (χ1) is 45.7. The van der Waals surface area contributed by atoms with E-state index in [1.165, 1.54) is 0 Å². The van der Waals surface area contributed by atoms with E-state index in [0.717, 1.165) is 148 Å². The van der Waals surface area contributed by atoms with Gasteiger partial charge in [0.15, 0.2) is 5.82 Å². The average molecular weight is 1170 g/mol. The topological polar surface area (TPSA) is 87.4 Å². The first-order valence-corrected chi connectivity index (χ1v) is 31.1. The molecule has 0 amide bonds. The fourth-order valence-electron chi connectivity index (χ4n) is 15.5. The van der Waals surface area contributed by atoms with Gasteiger partial charge < -0.3 is 27.3 Å². The van der Waals surface area contributed by atoms with Gasteiger partial charge in [0.1, 0.15) is 17.2 Å². The average Bonchev–Trinajstić information content (AvgIpc) is 1.51. The minimum Gasteiger partial charge on any atom is -0.438 e. The lowest BCUT2D eigenvalue weighted by atomic mass is 9.99. The highest BCUT2D eigenvalue weighted by Gasteiger charge is 2.32. The molecule has 0 aliphatic heterocycles. The third kappa shape index (κ3) is 6.84. The monoisotopic (exact) mass is 1170 g/mol. The van der Waals surface area contributed by atoms with Crippen LogP contribution >= 0.6 is 0 Å².